The zero-order chi connectivity index (χ0) is 14.0. The topological polar surface area (TPSA) is 83.6 Å². The number of nitrogens with zero attached hydrogens (tertiary/aromatic N) is 1. The SMILES string of the molecule is CCCC1SCC(C(=O)O)N1C(=O)C1CCCC1N. The van der Waals surface area contributed by atoms with E-state index in [0.29, 0.717) is 5.75 Å². The van der Waals surface area contributed by atoms with Crippen molar-refractivity contribution in [2.45, 2.75) is 56.5 Å². The summed E-state index contributed by atoms with van der Waals surface area (Å²) >= 11 is 1.58. The molecule has 19 heavy (non-hydrogen) atoms. The molecule has 0 aromatic heterocycles. The van der Waals surface area contributed by atoms with Crippen molar-refractivity contribution in [1.82, 2.24) is 4.90 Å². The third-order valence-electron chi connectivity index (χ3n) is 4.05. The number of carboxylic acids is 1. The lowest BCUT2D eigenvalue weighted by Crippen LogP contribution is -2.50. The lowest BCUT2D eigenvalue weighted by Gasteiger charge is -2.30. The van der Waals surface area contributed by atoms with Crippen molar-refractivity contribution in [3.05, 3.63) is 0 Å². The summed E-state index contributed by atoms with van der Waals surface area (Å²) in [5, 5.41) is 9.29. The third-order valence-corrected chi connectivity index (χ3v) is 5.41. The Morgan fingerprint density at radius 1 is 1.42 bits per heavy atom. The number of thioether (sulfide) groups is 1. The molecule has 5 nitrogen and oxygen atoms in total. The van der Waals surface area contributed by atoms with Crippen LogP contribution in [-0.4, -0.2) is 45.1 Å². The average Bonchev–Trinajstić information content (AvgIpc) is 2.95. The number of hydrogen-bond acceptors (Lipinski definition) is 4. The van der Waals surface area contributed by atoms with Crippen molar-refractivity contribution >= 4 is 23.6 Å². The predicted molar refractivity (Wildman–Crippen MR) is 74.7 cm³/mol. The van der Waals surface area contributed by atoms with Crippen LogP contribution in [0.5, 0.6) is 0 Å². The fourth-order valence-electron chi connectivity index (χ4n) is 3.01. The fourth-order valence-corrected chi connectivity index (χ4v) is 4.53. The molecule has 2 rings (SSSR count). The van der Waals surface area contributed by atoms with Gasteiger partial charge in [0.2, 0.25) is 5.91 Å². The summed E-state index contributed by atoms with van der Waals surface area (Å²) < 4.78 is 0. The zero-order valence-electron chi connectivity index (χ0n) is 11.2. The zero-order valence-corrected chi connectivity index (χ0v) is 12.1. The van der Waals surface area contributed by atoms with Crippen LogP contribution in [0.4, 0.5) is 0 Å². The Hall–Kier alpha value is -0.750. The van der Waals surface area contributed by atoms with Crippen molar-refractivity contribution in [3.8, 4) is 0 Å². The second-order valence-corrected chi connectivity index (χ2v) is 6.59. The molecule has 4 unspecified atom stereocenters. The molecule has 1 aliphatic heterocycles. The van der Waals surface area contributed by atoms with Crippen molar-refractivity contribution in [2.75, 3.05) is 5.75 Å². The van der Waals surface area contributed by atoms with E-state index >= 15 is 0 Å². The minimum absolute atomic E-state index is 0.00593. The second-order valence-electron chi connectivity index (χ2n) is 5.38. The van der Waals surface area contributed by atoms with Gasteiger partial charge in [0.15, 0.2) is 0 Å². The molecule has 1 saturated carbocycles. The van der Waals surface area contributed by atoms with Crippen molar-refractivity contribution in [1.29, 1.82) is 0 Å². The maximum Gasteiger partial charge on any atom is 0.327 e. The number of rotatable bonds is 4. The molecule has 1 amide bonds. The Kier molecular flexibility index (Phi) is 4.73. The number of aliphatic carboxylic acids is 1. The van der Waals surface area contributed by atoms with Crippen molar-refractivity contribution < 1.29 is 14.7 Å². The summed E-state index contributed by atoms with van der Waals surface area (Å²) in [5.74, 6) is -0.625. The van der Waals surface area contributed by atoms with Gasteiger partial charge in [-0.2, -0.15) is 0 Å². The van der Waals surface area contributed by atoms with Crippen molar-refractivity contribution in [2.24, 2.45) is 11.7 Å². The summed E-state index contributed by atoms with van der Waals surface area (Å²) in [5.41, 5.74) is 5.99. The van der Waals surface area contributed by atoms with Crippen molar-refractivity contribution in [3.63, 3.8) is 0 Å². The maximum atomic E-state index is 12.6. The molecule has 0 aromatic carbocycles. The second kappa shape index (κ2) is 6.13. The highest BCUT2D eigenvalue weighted by Gasteiger charge is 2.45. The normalized spacial score (nSPS) is 34.7. The molecule has 3 N–H and O–H groups in total. The van der Waals surface area contributed by atoms with E-state index in [1.807, 2.05) is 0 Å². The standard InChI is InChI=1S/C13H22N2O3S/c1-2-4-11-15(10(7-19-11)13(17)18)12(16)8-5-3-6-9(8)14/h8-11H,2-7,14H2,1H3,(H,17,18). The minimum Gasteiger partial charge on any atom is -0.480 e. The first kappa shape index (κ1) is 14.7. The van der Waals surface area contributed by atoms with Gasteiger partial charge in [0.1, 0.15) is 6.04 Å². The molecule has 1 aliphatic carbocycles. The summed E-state index contributed by atoms with van der Waals surface area (Å²) in [6.45, 7) is 2.05. The monoisotopic (exact) mass is 286 g/mol. The van der Waals surface area contributed by atoms with E-state index < -0.39 is 12.0 Å². The van der Waals surface area contributed by atoms with Crippen LogP contribution < -0.4 is 5.73 Å². The maximum absolute atomic E-state index is 12.6. The van der Waals surface area contributed by atoms with Crippen LogP contribution in [0, 0.1) is 5.92 Å². The van der Waals surface area contributed by atoms with Gasteiger partial charge < -0.3 is 15.7 Å². The fraction of sp³-hybridized carbons (Fsp3) is 0.846. The first-order valence-corrected chi connectivity index (χ1v) is 8.03. The number of carbonyl (C=O) groups excluding carboxylic acids is 1. The van der Waals surface area contributed by atoms with Gasteiger partial charge in [0.05, 0.1) is 11.3 Å². The predicted octanol–water partition coefficient (Wildman–Crippen LogP) is 1.27. The Bertz CT molecular complexity index is 364. The van der Waals surface area contributed by atoms with Gasteiger partial charge >= 0.3 is 5.97 Å². The molecule has 0 bridgehead atoms. The highest BCUT2D eigenvalue weighted by molar-refractivity contribution is 8.00. The summed E-state index contributed by atoms with van der Waals surface area (Å²) in [4.78, 5) is 25.6. The average molecular weight is 286 g/mol. The Morgan fingerprint density at radius 2 is 2.16 bits per heavy atom. The van der Waals surface area contributed by atoms with Crippen LogP contribution in [0.25, 0.3) is 0 Å². The molecule has 4 atom stereocenters. The molecule has 1 heterocycles. The highest BCUT2D eigenvalue weighted by atomic mass is 32.2. The lowest BCUT2D eigenvalue weighted by molar-refractivity contribution is -0.151. The van der Waals surface area contributed by atoms with Gasteiger partial charge in [-0.3, -0.25) is 4.79 Å². The number of amides is 1. The quantitative estimate of drug-likeness (QED) is 0.813. The molecule has 0 radical (unpaired) electrons. The van der Waals surface area contributed by atoms with Gasteiger partial charge in [-0.25, -0.2) is 4.79 Å². The van der Waals surface area contributed by atoms with Crippen LogP contribution in [0.2, 0.25) is 0 Å². The van der Waals surface area contributed by atoms with E-state index in [9.17, 15) is 14.7 Å². The lowest BCUT2D eigenvalue weighted by atomic mass is 10.0. The van der Waals surface area contributed by atoms with Gasteiger partial charge in [0, 0.05) is 11.8 Å². The molecule has 2 fully saturated rings. The molecular formula is C13H22N2O3S. The number of hydrogen-bond donors (Lipinski definition) is 2. The molecule has 2 aliphatic rings. The van der Waals surface area contributed by atoms with Crippen LogP contribution in [0.15, 0.2) is 0 Å². The Balaban J connectivity index is 2.15. The molecule has 6 heteroatoms. The van der Waals surface area contributed by atoms with Crippen LogP contribution >= 0.6 is 11.8 Å². The van der Waals surface area contributed by atoms with Gasteiger partial charge in [-0.05, 0) is 19.3 Å². The largest absolute Gasteiger partial charge is 0.480 e. The molecule has 1 saturated heterocycles. The van der Waals surface area contributed by atoms with Crippen LogP contribution in [0.1, 0.15) is 39.0 Å². The number of carbonyl (C=O) groups is 2. The summed E-state index contributed by atoms with van der Waals surface area (Å²) in [6.07, 6.45) is 4.43. The summed E-state index contributed by atoms with van der Waals surface area (Å²) in [6, 6.07) is -0.781. The van der Waals surface area contributed by atoms with Crippen LogP contribution in [-0.2, 0) is 9.59 Å². The molecule has 108 valence electrons. The van der Waals surface area contributed by atoms with Crippen LogP contribution in [0.3, 0.4) is 0 Å². The van der Waals surface area contributed by atoms with E-state index in [2.05, 4.69) is 6.92 Å². The number of nitrogens with two attached hydrogens (primary N) is 1. The Labute approximate surface area is 117 Å². The van der Waals surface area contributed by atoms with Gasteiger partial charge in [-0.1, -0.05) is 19.8 Å². The number of carboxylic acid groups (broad SMARTS) is 1. The van der Waals surface area contributed by atoms with E-state index in [0.717, 1.165) is 32.1 Å². The Morgan fingerprint density at radius 3 is 2.68 bits per heavy atom. The van der Waals surface area contributed by atoms with Gasteiger partial charge in [0.25, 0.3) is 0 Å². The van der Waals surface area contributed by atoms with Gasteiger partial charge in [-0.15, -0.1) is 11.8 Å². The summed E-state index contributed by atoms with van der Waals surface area (Å²) in [7, 11) is 0. The first-order valence-electron chi connectivity index (χ1n) is 6.98. The van der Waals surface area contributed by atoms with E-state index in [1.54, 1.807) is 16.7 Å². The smallest absolute Gasteiger partial charge is 0.327 e. The first-order chi connectivity index (χ1) is 9.06. The van der Waals surface area contributed by atoms with E-state index in [4.69, 9.17) is 5.73 Å². The molecular weight excluding hydrogens is 264 g/mol. The molecule has 0 spiro atoms. The van der Waals surface area contributed by atoms with E-state index in [1.165, 1.54) is 0 Å². The minimum atomic E-state index is -0.897. The molecule has 0 aromatic rings. The highest BCUT2D eigenvalue weighted by Crippen LogP contribution is 2.36. The third kappa shape index (κ3) is 2.89. The van der Waals surface area contributed by atoms with E-state index in [-0.39, 0.29) is 23.2 Å².